The van der Waals surface area contributed by atoms with Gasteiger partial charge in [-0.15, -0.1) is 0 Å². The van der Waals surface area contributed by atoms with Crippen LogP contribution in [0.15, 0.2) is 12.1 Å². The third kappa shape index (κ3) is 2.67. The van der Waals surface area contributed by atoms with Crippen LogP contribution in [0.5, 0.6) is 0 Å². The highest BCUT2D eigenvalue weighted by Crippen LogP contribution is 2.42. The predicted octanol–water partition coefficient (Wildman–Crippen LogP) is 2.81. The highest BCUT2D eigenvalue weighted by molar-refractivity contribution is 5.54. The third-order valence-corrected chi connectivity index (χ3v) is 7.04. The summed E-state index contributed by atoms with van der Waals surface area (Å²) in [6.45, 7) is 5.18. The molecule has 4 aliphatic rings. The number of aryl methyl sites for hydroxylation is 1. The van der Waals surface area contributed by atoms with Crippen molar-refractivity contribution in [1.82, 2.24) is 14.6 Å². The minimum absolute atomic E-state index is 0.317. The monoisotopic (exact) mass is 384 g/mol. The smallest absolute Gasteiger partial charge is 0.168 e. The summed E-state index contributed by atoms with van der Waals surface area (Å²) in [5.74, 6) is 1.32. The van der Waals surface area contributed by atoms with Crippen molar-refractivity contribution in [3.05, 3.63) is 23.5 Å². The Balaban J connectivity index is 1.33. The van der Waals surface area contributed by atoms with Gasteiger partial charge in [0, 0.05) is 36.6 Å². The molecule has 2 aromatic rings. The predicted molar refractivity (Wildman–Crippen MR) is 104 cm³/mol. The van der Waals surface area contributed by atoms with Crippen molar-refractivity contribution in [3.8, 4) is 0 Å². The normalized spacial score (nSPS) is 30.0. The molecule has 3 aliphatic heterocycles. The zero-order valence-corrected chi connectivity index (χ0v) is 16.5. The Morgan fingerprint density at radius 3 is 2.43 bits per heavy atom. The van der Waals surface area contributed by atoms with Crippen LogP contribution in [0.1, 0.15) is 55.8 Å². The summed E-state index contributed by atoms with van der Waals surface area (Å²) in [5.41, 5.74) is 3.17. The van der Waals surface area contributed by atoms with Crippen LogP contribution in [0.25, 0.3) is 5.65 Å². The van der Waals surface area contributed by atoms with E-state index in [0.29, 0.717) is 18.0 Å². The number of nitrogens with zero attached hydrogens (tertiary/aromatic N) is 4. The topological polar surface area (TPSA) is 61.1 Å². The van der Waals surface area contributed by atoms with E-state index in [2.05, 4.69) is 28.5 Å². The van der Waals surface area contributed by atoms with Crippen molar-refractivity contribution in [2.24, 2.45) is 0 Å². The average molecular weight is 384 g/mol. The summed E-state index contributed by atoms with van der Waals surface area (Å²) in [7, 11) is 0. The van der Waals surface area contributed by atoms with E-state index in [4.69, 9.17) is 24.3 Å². The Labute approximate surface area is 165 Å². The minimum atomic E-state index is -0.317. The second-order valence-electron chi connectivity index (χ2n) is 8.81. The Morgan fingerprint density at radius 2 is 1.71 bits per heavy atom. The van der Waals surface area contributed by atoms with Gasteiger partial charge in [0.1, 0.15) is 5.82 Å². The van der Waals surface area contributed by atoms with E-state index in [1.807, 2.05) is 0 Å². The number of ether oxygens (including phenoxy) is 3. The maximum absolute atomic E-state index is 5.89. The lowest BCUT2D eigenvalue weighted by Crippen LogP contribution is -2.46. The van der Waals surface area contributed by atoms with E-state index < -0.39 is 0 Å². The van der Waals surface area contributed by atoms with Gasteiger partial charge in [-0.2, -0.15) is 9.61 Å². The number of anilines is 1. The molecule has 5 heterocycles. The van der Waals surface area contributed by atoms with Crippen molar-refractivity contribution < 1.29 is 14.2 Å². The molecule has 1 spiro atoms. The van der Waals surface area contributed by atoms with E-state index in [1.165, 1.54) is 18.7 Å². The van der Waals surface area contributed by atoms with Gasteiger partial charge in [0.2, 0.25) is 0 Å². The van der Waals surface area contributed by atoms with Crippen LogP contribution >= 0.6 is 0 Å². The summed E-state index contributed by atoms with van der Waals surface area (Å²) in [5, 5.41) is 5.05. The molecule has 2 aromatic heterocycles. The highest BCUT2D eigenvalue weighted by Gasteiger charge is 2.42. The van der Waals surface area contributed by atoms with Crippen LogP contribution in [-0.2, 0) is 14.2 Å². The SMILES string of the molecule is Cc1cc(N2C3CCC2COC3)n2nc(C3CCC4(CC3)OCCO4)cc2n1. The van der Waals surface area contributed by atoms with Crippen LogP contribution in [0.2, 0.25) is 0 Å². The fourth-order valence-electron chi connectivity index (χ4n) is 5.62. The molecule has 0 amide bonds. The number of hydrogen-bond acceptors (Lipinski definition) is 6. The van der Waals surface area contributed by atoms with Crippen LogP contribution in [0.4, 0.5) is 5.82 Å². The first-order valence-electron chi connectivity index (χ1n) is 10.7. The molecule has 7 heteroatoms. The number of hydrogen-bond donors (Lipinski definition) is 0. The molecule has 2 atom stereocenters. The first-order chi connectivity index (χ1) is 13.7. The van der Waals surface area contributed by atoms with Gasteiger partial charge in [0.15, 0.2) is 11.4 Å². The van der Waals surface area contributed by atoms with E-state index in [1.54, 1.807) is 0 Å². The zero-order valence-electron chi connectivity index (χ0n) is 16.5. The average Bonchev–Trinajstić information content (AvgIpc) is 3.39. The van der Waals surface area contributed by atoms with Crippen LogP contribution in [-0.4, -0.2) is 58.9 Å². The second kappa shape index (κ2) is 6.40. The van der Waals surface area contributed by atoms with Crippen LogP contribution < -0.4 is 4.90 Å². The molecule has 28 heavy (non-hydrogen) atoms. The Kier molecular flexibility index (Phi) is 3.93. The molecule has 3 saturated heterocycles. The number of morpholine rings is 1. The summed E-state index contributed by atoms with van der Waals surface area (Å²) in [6, 6.07) is 5.30. The lowest BCUT2D eigenvalue weighted by Gasteiger charge is -2.36. The van der Waals surface area contributed by atoms with Gasteiger partial charge < -0.3 is 19.1 Å². The summed E-state index contributed by atoms with van der Waals surface area (Å²) >= 11 is 0. The van der Waals surface area contributed by atoms with Gasteiger partial charge in [-0.25, -0.2) is 4.98 Å². The molecule has 6 rings (SSSR count). The fourth-order valence-corrected chi connectivity index (χ4v) is 5.62. The lowest BCUT2D eigenvalue weighted by atomic mass is 9.83. The zero-order chi connectivity index (χ0) is 18.7. The third-order valence-electron chi connectivity index (χ3n) is 7.04. The molecule has 1 aliphatic carbocycles. The Bertz CT molecular complexity index is 865. The quantitative estimate of drug-likeness (QED) is 0.794. The van der Waals surface area contributed by atoms with Crippen molar-refractivity contribution >= 4 is 11.5 Å². The maximum Gasteiger partial charge on any atom is 0.168 e. The number of fused-ring (bicyclic) bond motifs is 3. The standard InChI is InChI=1S/C21H28N4O3/c1-14-10-20(24-16-2-3-17(24)13-26-12-16)25-19(22-14)11-18(23-25)15-4-6-21(7-5-15)27-8-9-28-21/h10-11,15-17H,2-9,12-13H2,1H3. The Hall–Kier alpha value is -1.70. The molecule has 7 nitrogen and oxygen atoms in total. The van der Waals surface area contributed by atoms with Crippen molar-refractivity contribution in [1.29, 1.82) is 0 Å². The molecule has 1 saturated carbocycles. The van der Waals surface area contributed by atoms with Gasteiger partial charge in [-0.1, -0.05) is 0 Å². The molecule has 2 unspecified atom stereocenters. The lowest BCUT2D eigenvalue weighted by molar-refractivity contribution is -0.178. The van der Waals surface area contributed by atoms with Crippen molar-refractivity contribution in [2.75, 3.05) is 31.3 Å². The second-order valence-corrected chi connectivity index (χ2v) is 8.81. The van der Waals surface area contributed by atoms with E-state index in [0.717, 1.165) is 69.1 Å². The number of rotatable bonds is 2. The maximum atomic E-state index is 5.89. The van der Waals surface area contributed by atoms with Gasteiger partial charge in [0.05, 0.1) is 44.2 Å². The largest absolute Gasteiger partial charge is 0.377 e. The van der Waals surface area contributed by atoms with Gasteiger partial charge >= 0.3 is 0 Å². The molecule has 2 bridgehead atoms. The molecule has 0 radical (unpaired) electrons. The molecule has 150 valence electrons. The van der Waals surface area contributed by atoms with E-state index >= 15 is 0 Å². The van der Waals surface area contributed by atoms with E-state index in [-0.39, 0.29) is 5.79 Å². The highest BCUT2D eigenvalue weighted by atomic mass is 16.7. The first-order valence-corrected chi connectivity index (χ1v) is 10.7. The van der Waals surface area contributed by atoms with Gasteiger partial charge in [-0.3, -0.25) is 0 Å². The Morgan fingerprint density at radius 1 is 1.00 bits per heavy atom. The summed E-state index contributed by atoms with van der Waals surface area (Å²) in [4.78, 5) is 7.32. The molecule has 0 aromatic carbocycles. The molecule has 4 fully saturated rings. The first kappa shape index (κ1) is 17.2. The summed E-state index contributed by atoms with van der Waals surface area (Å²) < 4.78 is 19.6. The molecule has 0 N–H and O–H groups in total. The van der Waals surface area contributed by atoms with Gasteiger partial charge in [-0.05, 0) is 32.6 Å². The fraction of sp³-hybridized carbons (Fsp3) is 0.714. The minimum Gasteiger partial charge on any atom is -0.377 e. The van der Waals surface area contributed by atoms with Crippen molar-refractivity contribution in [2.45, 2.75) is 69.2 Å². The van der Waals surface area contributed by atoms with E-state index in [9.17, 15) is 0 Å². The van der Waals surface area contributed by atoms with Crippen molar-refractivity contribution in [3.63, 3.8) is 0 Å². The summed E-state index contributed by atoms with van der Waals surface area (Å²) in [6.07, 6.45) is 6.43. The molecular formula is C21H28N4O3. The van der Waals surface area contributed by atoms with Gasteiger partial charge in [0.25, 0.3) is 0 Å². The van der Waals surface area contributed by atoms with Crippen LogP contribution in [0, 0.1) is 6.92 Å². The molecular weight excluding hydrogens is 356 g/mol. The van der Waals surface area contributed by atoms with Crippen LogP contribution in [0.3, 0.4) is 0 Å². The number of aromatic nitrogens is 3.